The molecule has 1 fully saturated rings. The van der Waals surface area contributed by atoms with Crippen LogP contribution < -0.4 is 4.74 Å². The minimum Gasteiger partial charge on any atom is -0.496 e. The molecule has 0 amide bonds. The summed E-state index contributed by atoms with van der Waals surface area (Å²) in [7, 11) is 1.66. The summed E-state index contributed by atoms with van der Waals surface area (Å²) in [5, 5.41) is 10.3. The zero-order chi connectivity index (χ0) is 13.1. The lowest BCUT2D eigenvalue weighted by Gasteiger charge is -2.22. The molecular formula is C15H22O3. The fourth-order valence-electron chi connectivity index (χ4n) is 2.62. The van der Waals surface area contributed by atoms with Gasteiger partial charge in [0.25, 0.3) is 0 Å². The second-order valence-corrected chi connectivity index (χ2v) is 5.19. The Bertz CT molecular complexity index is 403. The molecule has 0 aliphatic carbocycles. The standard InChI is InChI=1S/C15H22O3/c1-10-4-5-14(17-3)12(8-10)9-13(16)15-11(2)6-7-18-15/h4-5,8,11,13,15-16H,6-7,9H2,1-3H3. The molecule has 18 heavy (non-hydrogen) atoms. The van der Waals surface area contributed by atoms with Crippen LogP contribution in [0, 0.1) is 12.8 Å². The second-order valence-electron chi connectivity index (χ2n) is 5.19. The number of rotatable bonds is 4. The van der Waals surface area contributed by atoms with E-state index in [0.29, 0.717) is 12.3 Å². The van der Waals surface area contributed by atoms with E-state index in [1.165, 1.54) is 5.56 Å². The fourth-order valence-corrected chi connectivity index (χ4v) is 2.62. The SMILES string of the molecule is COc1ccc(C)cc1CC(O)C1OCCC1C. The van der Waals surface area contributed by atoms with E-state index in [1.54, 1.807) is 7.11 Å². The highest BCUT2D eigenvalue weighted by molar-refractivity contribution is 5.37. The van der Waals surface area contributed by atoms with Gasteiger partial charge in [-0.3, -0.25) is 0 Å². The van der Waals surface area contributed by atoms with Crippen LogP contribution in [-0.2, 0) is 11.2 Å². The molecule has 3 heteroatoms. The summed E-state index contributed by atoms with van der Waals surface area (Å²) in [4.78, 5) is 0. The Morgan fingerprint density at radius 1 is 1.50 bits per heavy atom. The number of aliphatic hydroxyl groups is 1. The van der Waals surface area contributed by atoms with Crippen LogP contribution in [0.4, 0.5) is 0 Å². The third-order valence-electron chi connectivity index (χ3n) is 3.69. The van der Waals surface area contributed by atoms with Gasteiger partial charge in [-0.15, -0.1) is 0 Å². The maximum absolute atomic E-state index is 10.3. The van der Waals surface area contributed by atoms with E-state index >= 15 is 0 Å². The van der Waals surface area contributed by atoms with Gasteiger partial charge in [0, 0.05) is 13.0 Å². The van der Waals surface area contributed by atoms with E-state index in [1.807, 2.05) is 19.1 Å². The van der Waals surface area contributed by atoms with Crippen molar-refractivity contribution in [2.45, 2.75) is 38.9 Å². The topological polar surface area (TPSA) is 38.7 Å². The van der Waals surface area contributed by atoms with E-state index < -0.39 is 6.10 Å². The van der Waals surface area contributed by atoms with Gasteiger partial charge < -0.3 is 14.6 Å². The van der Waals surface area contributed by atoms with Crippen LogP contribution in [0.5, 0.6) is 5.75 Å². The lowest BCUT2D eigenvalue weighted by molar-refractivity contribution is -0.0159. The predicted molar refractivity (Wildman–Crippen MR) is 71.0 cm³/mol. The normalized spacial score (nSPS) is 25.1. The Balaban J connectivity index is 2.10. The van der Waals surface area contributed by atoms with E-state index in [-0.39, 0.29) is 6.10 Å². The molecule has 3 nitrogen and oxygen atoms in total. The molecule has 0 bridgehead atoms. The number of hydrogen-bond donors (Lipinski definition) is 1. The van der Waals surface area contributed by atoms with Gasteiger partial charge in [0.2, 0.25) is 0 Å². The van der Waals surface area contributed by atoms with Crippen molar-refractivity contribution >= 4 is 0 Å². The van der Waals surface area contributed by atoms with Crippen molar-refractivity contribution in [2.24, 2.45) is 5.92 Å². The first-order valence-corrected chi connectivity index (χ1v) is 6.55. The lowest BCUT2D eigenvalue weighted by atomic mass is 9.94. The van der Waals surface area contributed by atoms with Crippen molar-refractivity contribution in [2.75, 3.05) is 13.7 Å². The second kappa shape index (κ2) is 5.72. The molecule has 100 valence electrons. The molecule has 1 heterocycles. The molecule has 2 rings (SSSR count). The maximum atomic E-state index is 10.3. The molecule has 1 aromatic carbocycles. The molecule has 0 aromatic heterocycles. The van der Waals surface area contributed by atoms with Crippen molar-refractivity contribution < 1.29 is 14.6 Å². The average molecular weight is 250 g/mol. The summed E-state index contributed by atoms with van der Waals surface area (Å²) in [6, 6.07) is 6.04. The summed E-state index contributed by atoms with van der Waals surface area (Å²) in [6.07, 6.45) is 1.11. The van der Waals surface area contributed by atoms with E-state index in [4.69, 9.17) is 9.47 Å². The Labute approximate surface area is 109 Å². The molecule has 0 spiro atoms. The van der Waals surface area contributed by atoms with Gasteiger partial charge >= 0.3 is 0 Å². The number of hydrogen-bond acceptors (Lipinski definition) is 3. The zero-order valence-corrected chi connectivity index (χ0v) is 11.3. The van der Waals surface area contributed by atoms with Crippen LogP contribution >= 0.6 is 0 Å². The summed E-state index contributed by atoms with van der Waals surface area (Å²) >= 11 is 0. The van der Waals surface area contributed by atoms with Crippen LogP contribution in [0.2, 0.25) is 0 Å². The Kier molecular flexibility index (Phi) is 4.25. The number of benzene rings is 1. The van der Waals surface area contributed by atoms with Gasteiger partial charge in [-0.05, 0) is 30.9 Å². The molecule has 3 unspecified atom stereocenters. The molecule has 1 aliphatic rings. The highest BCUT2D eigenvalue weighted by atomic mass is 16.5. The van der Waals surface area contributed by atoms with Gasteiger partial charge in [0.1, 0.15) is 5.75 Å². The quantitative estimate of drug-likeness (QED) is 0.891. The Morgan fingerprint density at radius 2 is 2.28 bits per heavy atom. The summed E-state index contributed by atoms with van der Waals surface area (Å²) in [5.41, 5.74) is 2.23. The first kappa shape index (κ1) is 13.4. The molecule has 1 N–H and O–H groups in total. The molecule has 0 radical (unpaired) electrons. The van der Waals surface area contributed by atoms with Crippen LogP contribution in [-0.4, -0.2) is 31.0 Å². The van der Waals surface area contributed by atoms with E-state index in [2.05, 4.69) is 13.0 Å². The first-order chi connectivity index (χ1) is 8.61. The zero-order valence-electron chi connectivity index (χ0n) is 11.3. The Morgan fingerprint density at radius 3 is 2.89 bits per heavy atom. The van der Waals surface area contributed by atoms with Gasteiger partial charge in [-0.25, -0.2) is 0 Å². The van der Waals surface area contributed by atoms with E-state index in [9.17, 15) is 5.11 Å². The fraction of sp³-hybridized carbons (Fsp3) is 0.600. The van der Waals surface area contributed by atoms with Gasteiger partial charge in [-0.2, -0.15) is 0 Å². The van der Waals surface area contributed by atoms with Gasteiger partial charge in [-0.1, -0.05) is 24.6 Å². The molecular weight excluding hydrogens is 228 g/mol. The van der Waals surface area contributed by atoms with Gasteiger partial charge in [0.15, 0.2) is 0 Å². The smallest absolute Gasteiger partial charge is 0.122 e. The average Bonchev–Trinajstić information content (AvgIpc) is 2.76. The third kappa shape index (κ3) is 2.85. The number of methoxy groups -OCH3 is 1. The number of aryl methyl sites for hydroxylation is 1. The van der Waals surface area contributed by atoms with Crippen molar-refractivity contribution in [1.82, 2.24) is 0 Å². The maximum Gasteiger partial charge on any atom is 0.122 e. The van der Waals surface area contributed by atoms with Gasteiger partial charge in [0.05, 0.1) is 19.3 Å². The largest absolute Gasteiger partial charge is 0.496 e. The number of aliphatic hydroxyl groups excluding tert-OH is 1. The van der Waals surface area contributed by atoms with E-state index in [0.717, 1.165) is 24.3 Å². The first-order valence-electron chi connectivity index (χ1n) is 6.55. The predicted octanol–water partition coefficient (Wildman–Crippen LogP) is 2.33. The van der Waals surface area contributed by atoms with Crippen molar-refractivity contribution in [1.29, 1.82) is 0 Å². The molecule has 1 saturated heterocycles. The van der Waals surface area contributed by atoms with Crippen LogP contribution in [0.3, 0.4) is 0 Å². The molecule has 1 aliphatic heterocycles. The number of ether oxygens (including phenoxy) is 2. The lowest BCUT2D eigenvalue weighted by Crippen LogP contribution is -2.31. The molecule has 1 aromatic rings. The summed E-state index contributed by atoms with van der Waals surface area (Å²) in [6.45, 7) is 4.94. The minimum atomic E-state index is -0.460. The molecule has 0 saturated carbocycles. The van der Waals surface area contributed by atoms with Crippen molar-refractivity contribution in [3.05, 3.63) is 29.3 Å². The molecule has 3 atom stereocenters. The highest BCUT2D eigenvalue weighted by Crippen LogP contribution is 2.27. The van der Waals surface area contributed by atoms with Crippen LogP contribution in [0.25, 0.3) is 0 Å². The van der Waals surface area contributed by atoms with Crippen molar-refractivity contribution in [3.8, 4) is 5.75 Å². The van der Waals surface area contributed by atoms with Crippen LogP contribution in [0.15, 0.2) is 18.2 Å². The van der Waals surface area contributed by atoms with Crippen molar-refractivity contribution in [3.63, 3.8) is 0 Å². The Hall–Kier alpha value is -1.06. The van der Waals surface area contributed by atoms with Crippen LogP contribution in [0.1, 0.15) is 24.5 Å². The summed E-state index contributed by atoms with van der Waals surface area (Å²) < 4.78 is 11.0. The highest BCUT2D eigenvalue weighted by Gasteiger charge is 2.31. The minimum absolute atomic E-state index is 0.0461. The third-order valence-corrected chi connectivity index (χ3v) is 3.69. The monoisotopic (exact) mass is 250 g/mol. The summed E-state index contributed by atoms with van der Waals surface area (Å²) in [5.74, 6) is 1.26.